The van der Waals surface area contributed by atoms with Gasteiger partial charge in [0, 0.05) is 45.7 Å². The van der Waals surface area contributed by atoms with Crippen LogP contribution in [-0.2, 0) is 15.0 Å². The Morgan fingerprint density at radius 3 is 2.81 bits per heavy atom. The van der Waals surface area contributed by atoms with E-state index < -0.39 is 5.41 Å². The van der Waals surface area contributed by atoms with E-state index in [0.29, 0.717) is 6.42 Å². The molecule has 1 aliphatic carbocycles. The Morgan fingerprint density at radius 2 is 2.10 bits per heavy atom. The SMILES string of the molecule is CN(C)C(=O)C[C@]12C(=O)CCC[C@H]1N(C)c1ccccc12. The molecule has 1 aromatic carbocycles. The van der Waals surface area contributed by atoms with Crippen LogP contribution in [0.1, 0.15) is 31.2 Å². The third-order valence-corrected chi connectivity index (χ3v) is 5.11. The van der Waals surface area contributed by atoms with Gasteiger partial charge in [-0.1, -0.05) is 18.2 Å². The van der Waals surface area contributed by atoms with E-state index in [1.807, 2.05) is 25.2 Å². The third kappa shape index (κ3) is 1.88. The number of hydrogen-bond acceptors (Lipinski definition) is 3. The predicted molar refractivity (Wildman–Crippen MR) is 82.5 cm³/mol. The Labute approximate surface area is 125 Å². The highest BCUT2D eigenvalue weighted by Gasteiger charge is 2.56. The van der Waals surface area contributed by atoms with Crippen LogP contribution in [0.15, 0.2) is 24.3 Å². The summed E-state index contributed by atoms with van der Waals surface area (Å²) >= 11 is 0. The van der Waals surface area contributed by atoms with E-state index in [1.54, 1.807) is 19.0 Å². The van der Waals surface area contributed by atoms with E-state index in [9.17, 15) is 9.59 Å². The first-order chi connectivity index (χ1) is 9.98. The van der Waals surface area contributed by atoms with E-state index in [1.165, 1.54) is 0 Å². The highest BCUT2D eigenvalue weighted by molar-refractivity contribution is 6.00. The number of ketones is 1. The van der Waals surface area contributed by atoms with Gasteiger partial charge in [0.05, 0.1) is 5.41 Å². The van der Waals surface area contributed by atoms with Crippen LogP contribution in [0.25, 0.3) is 0 Å². The number of carbonyl (C=O) groups is 2. The summed E-state index contributed by atoms with van der Waals surface area (Å²) in [6.07, 6.45) is 2.75. The van der Waals surface area contributed by atoms with Crippen molar-refractivity contribution >= 4 is 17.4 Å². The fraction of sp³-hybridized carbons (Fsp3) is 0.529. The third-order valence-electron chi connectivity index (χ3n) is 5.11. The number of hydrogen-bond donors (Lipinski definition) is 0. The second-order valence-corrected chi connectivity index (χ2v) is 6.40. The van der Waals surface area contributed by atoms with E-state index >= 15 is 0 Å². The molecule has 1 fully saturated rings. The molecule has 1 aliphatic heterocycles. The molecular weight excluding hydrogens is 264 g/mol. The lowest BCUT2D eigenvalue weighted by molar-refractivity contribution is -0.136. The van der Waals surface area contributed by atoms with Crippen molar-refractivity contribution in [3.63, 3.8) is 0 Å². The first-order valence-corrected chi connectivity index (χ1v) is 7.54. The Bertz CT molecular complexity index is 596. The lowest BCUT2D eigenvalue weighted by Gasteiger charge is -2.40. The maximum Gasteiger partial charge on any atom is 0.223 e. The largest absolute Gasteiger partial charge is 0.370 e. The Balaban J connectivity index is 2.14. The van der Waals surface area contributed by atoms with Crippen molar-refractivity contribution in [2.45, 2.75) is 37.1 Å². The molecule has 112 valence electrons. The maximum atomic E-state index is 12.9. The Hall–Kier alpha value is -1.84. The molecule has 4 nitrogen and oxygen atoms in total. The lowest BCUT2D eigenvalue weighted by Crippen LogP contribution is -2.53. The molecule has 3 rings (SSSR count). The fourth-order valence-electron chi connectivity index (χ4n) is 4.00. The van der Waals surface area contributed by atoms with Crippen LogP contribution in [0.4, 0.5) is 5.69 Å². The van der Waals surface area contributed by atoms with Crippen molar-refractivity contribution in [1.82, 2.24) is 4.90 Å². The second-order valence-electron chi connectivity index (χ2n) is 6.40. The van der Waals surface area contributed by atoms with Gasteiger partial charge in [-0.05, 0) is 24.5 Å². The van der Waals surface area contributed by atoms with Crippen LogP contribution in [0.3, 0.4) is 0 Å². The summed E-state index contributed by atoms with van der Waals surface area (Å²) in [5.41, 5.74) is 1.49. The molecule has 0 unspecified atom stereocenters. The average molecular weight is 286 g/mol. The van der Waals surface area contributed by atoms with Crippen molar-refractivity contribution in [2.75, 3.05) is 26.0 Å². The molecule has 2 atom stereocenters. The molecule has 1 saturated carbocycles. The van der Waals surface area contributed by atoms with Gasteiger partial charge in [0.2, 0.25) is 5.91 Å². The first-order valence-electron chi connectivity index (χ1n) is 7.54. The van der Waals surface area contributed by atoms with Gasteiger partial charge in [0.15, 0.2) is 0 Å². The van der Waals surface area contributed by atoms with Crippen molar-refractivity contribution < 1.29 is 9.59 Å². The highest BCUT2D eigenvalue weighted by atomic mass is 16.2. The molecule has 0 aromatic heterocycles. The molecule has 0 radical (unpaired) electrons. The molecule has 1 amide bonds. The van der Waals surface area contributed by atoms with Crippen molar-refractivity contribution in [1.29, 1.82) is 0 Å². The van der Waals surface area contributed by atoms with E-state index in [-0.39, 0.29) is 24.2 Å². The fourth-order valence-corrected chi connectivity index (χ4v) is 4.00. The van der Waals surface area contributed by atoms with Gasteiger partial charge in [0.1, 0.15) is 5.78 Å². The summed E-state index contributed by atoms with van der Waals surface area (Å²) in [5.74, 6) is 0.256. The Morgan fingerprint density at radius 1 is 1.38 bits per heavy atom. The summed E-state index contributed by atoms with van der Waals surface area (Å²) in [6.45, 7) is 0. The summed E-state index contributed by atoms with van der Waals surface area (Å²) in [7, 11) is 5.56. The smallest absolute Gasteiger partial charge is 0.223 e. The molecule has 1 heterocycles. The standard InChI is InChI=1S/C17H22N2O2/c1-18(2)16(21)11-17-12-7-4-5-8-13(12)19(3)14(17)9-6-10-15(17)20/h4-5,7-8,14H,6,9-11H2,1-3H3/t14-,17-/m1/s1. The molecule has 2 aliphatic rings. The van der Waals surface area contributed by atoms with E-state index in [0.717, 1.165) is 24.1 Å². The maximum absolute atomic E-state index is 12.9. The number of carbonyl (C=O) groups excluding carboxylic acids is 2. The summed E-state index contributed by atoms with van der Waals surface area (Å²) in [6, 6.07) is 8.16. The number of Topliss-reactive ketones (excluding diaryl/α,β-unsaturated/α-hetero) is 1. The number of benzene rings is 1. The lowest BCUT2D eigenvalue weighted by atomic mass is 9.65. The van der Waals surface area contributed by atoms with Gasteiger partial charge in [-0.25, -0.2) is 0 Å². The van der Waals surface area contributed by atoms with Gasteiger partial charge in [-0.2, -0.15) is 0 Å². The zero-order chi connectivity index (χ0) is 15.2. The molecule has 21 heavy (non-hydrogen) atoms. The second kappa shape index (κ2) is 4.86. The van der Waals surface area contributed by atoms with Gasteiger partial charge in [-0.15, -0.1) is 0 Å². The quantitative estimate of drug-likeness (QED) is 0.834. The number of anilines is 1. The topological polar surface area (TPSA) is 40.6 Å². The van der Waals surface area contributed by atoms with Crippen LogP contribution >= 0.6 is 0 Å². The van der Waals surface area contributed by atoms with Crippen LogP contribution in [-0.4, -0.2) is 43.8 Å². The zero-order valence-electron chi connectivity index (χ0n) is 12.9. The van der Waals surface area contributed by atoms with Gasteiger partial charge in [-0.3, -0.25) is 9.59 Å². The van der Waals surface area contributed by atoms with E-state index in [4.69, 9.17) is 0 Å². The molecule has 0 N–H and O–H groups in total. The number of fused-ring (bicyclic) bond motifs is 3. The van der Waals surface area contributed by atoms with Crippen LogP contribution in [0.2, 0.25) is 0 Å². The molecule has 0 saturated heterocycles. The van der Waals surface area contributed by atoms with Crippen LogP contribution < -0.4 is 4.90 Å². The van der Waals surface area contributed by atoms with E-state index in [2.05, 4.69) is 11.0 Å². The number of likely N-dealkylation sites (N-methyl/N-ethyl adjacent to an activating group) is 1. The van der Waals surface area contributed by atoms with Gasteiger partial charge >= 0.3 is 0 Å². The molecule has 0 spiro atoms. The zero-order valence-corrected chi connectivity index (χ0v) is 12.9. The Kier molecular flexibility index (Phi) is 3.27. The van der Waals surface area contributed by atoms with Crippen LogP contribution in [0, 0.1) is 0 Å². The van der Waals surface area contributed by atoms with Crippen molar-refractivity contribution in [2.24, 2.45) is 0 Å². The van der Waals surface area contributed by atoms with Gasteiger partial charge in [0.25, 0.3) is 0 Å². The molecular formula is C17H22N2O2. The number of rotatable bonds is 2. The number of amides is 1. The summed E-state index contributed by atoms with van der Waals surface area (Å²) in [4.78, 5) is 29.0. The van der Waals surface area contributed by atoms with Crippen molar-refractivity contribution in [3.05, 3.63) is 29.8 Å². The monoisotopic (exact) mass is 286 g/mol. The van der Waals surface area contributed by atoms with Gasteiger partial charge < -0.3 is 9.80 Å². The minimum Gasteiger partial charge on any atom is -0.370 e. The average Bonchev–Trinajstić information content (AvgIpc) is 2.71. The van der Waals surface area contributed by atoms with Crippen molar-refractivity contribution in [3.8, 4) is 0 Å². The predicted octanol–water partition coefficient (Wildman–Crippen LogP) is 1.97. The minimum absolute atomic E-state index is 0.0281. The number of nitrogens with zero attached hydrogens (tertiary/aromatic N) is 2. The normalized spacial score (nSPS) is 27.3. The first kappa shape index (κ1) is 14.1. The minimum atomic E-state index is -0.648. The molecule has 4 heteroatoms. The highest BCUT2D eigenvalue weighted by Crippen LogP contribution is 2.51. The van der Waals surface area contributed by atoms with Crippen LogP contribution in [0.5, 0.6) is 0 Å². The number of para-hydroxylation sites is 1. The molecule has 0 bridgehead atoms. The summed E-state index contributed by atoms with van der Waals surface area (Å²) < 4.78 is 0. The summed E-state index contributed by atoms with van der Waals surface area (Å²) in [5, 5.41) is 0. The molecule has 1 aromatic rings.